The summed E-state index contributed by atoms with van der Waals surface area (Å²) in [5, 5.41) is 0. The highest BCUT2D eigenvalue weighted by molar-refractivity contribution is 5.38. The molecule has 21 heavy (non-hydrogen) atoms. The first-order valence-electron chi connectivity index (χ1n) is 6.65. The van der Waals surface area contributed by atoms with Gasteiger partial charge >= 0.3 is 0 Å². The Hall–Kier alpha value is -2.66. The molecule has 3 rings (SSSR count). The molecule has 3 aromatic rings. The Labute approximate surface area is 121 Å². The van der Waals surface area contributed by atoms with Gasteiger partial charge in [0, 0.05) is 18.8 Å². The van der Waals surface area contributed by atoms with Crippen LogP contribution < -0.4 is 16.0 Å². The van der Waals surface area contributed by atoms with Crippen molar-refractivity contribution in [2.75, 3.05) is 0 Å². The summed E-state index contributed by atoms with van der Waals surface area (Å²) in [6.07, 6.45) is 1.70. The van der Waals surface area contributed by atoms with E-state index in [1.165, 1.54) is 10.5 Å². The first kappa shape index (κ1) is 13.3. The third kappa shape index (κ3) is 2.93. The minimum absolute atomic E-state index is 0.113. The fourth-order valence-electron chi connectivity index (χ4n) is 2.06. The number of nitrogens with two attached hydrogens (primary N) is 1. The number of ether oxygens (including phenoxy) is 1. The molecule has 5 heteroatoms. The normalized spacial score (nSPS) is 10.7. The molecule has 0 fully saturated rings. The monoisotopic (exact) mass is 281 g/mol. The molecule has 0 atom stereocenters. The lowest BCUT2D eigenvalue weighted by atomic mass is 10.2. The second-order valence-corrected chi connectivity index (χ2v) is 4.65. The Balaban J connectivity index is 1.80. The van der Waals surface area contributed by atoms with E-state index in [4.69, 9.17) is 10.5 Å². The molecule has 2 heterocycles. The summed E-state index contributed by atoms with van der Waals surface area (Å²) in [4.78, 5) is 16.4. The minimum Gasteiger partial charge on any atom is -0.487 e. The van der Waals surface area contributed by atoms with Crippen LogP contribution >= 0.6 is 0 Å². The highest BCUT2D eigenvalue weighted by Crippen LogP contribution is 2.13. The van der Waals surface area contributed by atoms with Crippen molar-refractivity contribution in [3.8, 4) is 5.75 Å². The maximum Gasteiger partial charge on any atom is 0.258 e. The van der Waals surface area contributed by atoms with Crippen LogP contribution in [-0.2, 0) is 13.2 Å². The maximum absolute atomic E-state index is 11.9. The molecule has 0 aliphatic carbocycles. The Morgan fingerprint density at radius 1 is 1.14 bits per heavy atom. The van der Waals surface area contributed by atoms with Gasteiger partial charge in [0.25, 0.3) is 5.56 Å². The van der Waals surface area contributed by atoms with Crippen molar-refractivity contribution in [1.82, 2.24) is 9.38 Å². The van der Waals surface area contributed by atoms with Crippen molar-refractivity contribution in [2.24, 2.45) is 5.73 Å². The molecule has 0 radical (unpaired) electrons. The predicted molar refractivity (Wildman–Crippen MR) is 80.1 cm³/mol. The molecule has 0 spiro atoms. The smallest absolute Gasteiger partial charge is 0.258 e. The van der Waals surface area contributed by atoms with E-state index in [0.29, 0.717) is 17.9 Å². The van der Waals surface area contributed by atoms with E-state index in [1.807, 2.05) is 30.3 Å². The summed E-state index contributed by atoms with van der Waals surface area (Å²) in [5.41, 5.74) is 7.70. The molecule has 0 amide bonds. The van der Waals surface area contributed by atoms with Crippen molar-refractivity contribution in [1.29, 1.82) is 0 Å². The Morgan fingerprint density at radius 2 is 1.95 bits per heavy atom. The molecular weight excluding hydrogens is 266 g/mol. The Bertz CT molecular complexity index is 810. The number of rotatable bonds is 4. The highest BCUT2D eigenvalue weighted by atomic mass is 16.5. The topological polar surface area (TPSA) is 69.6 Å². The number of nitrogens with zero attached hydrogens (tertiary/aromatic N) is 2. The standard InChI is InChI=1S/C16H15N3O2/c17-10-12-4-6-14(7-5-12)21-11-13-9-16(20)19-8-2-1-3-15(19)18-13/h1-9H,10-11,17H2. The van der Waals surface area contributed by atoms with Crippen LogP contribution in [0, 0.1) is 0 Å². The van der Waals surface area contributed by atoms with Crippen LogP contribution in [0.15, 0.2) is 59.5 Å². The minimum atomic E-state index is -0.113. The summed E-state index contributed by atoms with van der Waals surface area (Å²) in [6, 6.07) is 14.5. The highest BCUT2D eigenvalue weighted by Gasteiger charge is 2.03. The zero-order chi connectivity index (χ0) is 14.7. The van der Waals surface area contributed by atoms with E-state index in [1.54, 1.807) is 18.3 Å². The molecule has 2 aromatic heterocycles. The van der Waals surface area contributed by atoms with Gasteiger partial charge in [-0.25, -0.2) is 4.98 Å². The molecule has 0 aliphatic rings. The second-order valence-electron chi connectivity index (χ2n) is 4.65. The number of benzene rings is 1. The van der Waals surface area contributed by atoms with Crippen molar-refractivity contribution < 1.29 is 4.74 Å². The molecular formula is C16H15N3O2. The van der Waals surface area contributed by atoms with Crippen LogP contribution in [0.2, 0.25) is 0 Å². The van der Waals surface area contributed by atoms with Gasteiger partial charge < -0.3 is 10.5 Å². The molecule has 106 valence electrons. The van der Waals surface area contributed by atoms with Crippen LogP contribution in [0.1, 0.15) is 11.3 Å². The van der Waals surface area contributed by atoms with Crippen LogP contribution in [0.3, 0.4) is 0 Å². The van der Waals surface area contributed by atoms with Crippen LogP contribution in [0.25, 0.3) is 5.65 Å². The lowest BCUT2D eigenvalue weighted by molar-refractivity contribution is 0.301. The molecule has 0 bridgehead atoms. The summed E-state index contributed by atoms with van der Waals surface area (Å²) >= 11 is 0. The van der Waals surface area contributed by atoms with Crippen molar-refractivity contribution in [3.05, 3.63) is 76.3 Å². The van der Waals surface area contributed by atoms with Gasteiger partial charge in [0.05, 0.1) is 5.69 Å². The van der Waals surface area contributed by atoms with Crippen LogP contribution in [0.4, 0.5) is 0 Å². The molecule has 0 saturated carbocycles. The van der Waals surface area contributed by atoms with Gasteiger partial charge in [-0.3, -0.25) is 9.20 Å². The Kier molecular flexibility index (Phi) is 3.66. The van der Waals surface area contributed by atoms with E-state index in [2.05, 4.69) is 4.98 Å². The molecule has 0 unspecified atom stereocenters. The van der Waals surface area contributed by atoms with Gasteiger partial charge in [0.2, 0.25) is 0 Å². The predicted octanol–water partition coefficient (Wildman–Crippen LogP) is 1.73. The Morgan fingerprint density at radius 3 is 2.71 bits per heavy atom. The van der Waals surface area contributed by atoms with Gasteiger partial charge in [-0.15, -0.1) is 0 Å². The summed E-state index contributed by atoms with van der Waals surface area (Å²) in [7, 11) is 0. The number of pyridine rings is 1. The van der Waals surface area contributed by atoms with Crippen molar-refractivity contribution in [2.45, 2.75) is 13.2 Å². The van der Waals surface area contributed by atoms with E-state index in [9.17, 15) is 4.79 Å². The lowest BCUT2D eigenvalue weighted by Gasteiger charge is -2.07. The van der Waals surface area contributed by atoms with Gasteiger partial charge in [-0.05, 0) is 29.8 Å². The number of hydrogen-bond donors (Lipinski definition) is 1. The summed E-state index contributed by atoms with van der Waals surface area (Å²) < 4.78 is 7.14. The third-order valence-electron chi connectivity index (χ3n) is 3.17. The van der Waals surface area contributed by atoms with E-state index in [0.717, 1.165) is 11.3 Å². The van der Waals surface area contributed by atoms with Gasteiger partial charge in [0.1, 0.15) is 18.0 Å². The van der Waals surface area contributed by atoms with Gasteiger partial charge in [-0.2, -0.15) is 0 Å². The van der Waals surface area contributed by atoms with E-state index in [-0.39, 0.29) is 12.2 Å². The first-order valence-corrected chi connectivity index (χ1v) is 6.65. The molecule has 1 aromatic carbocycles. The molecule has 0 aliphatic heterocycles. The third-order valence-corrected chi connectivity index (χ3v) is 3.17. The zero-order valence-electron chi connectivity index (χ0n) is 11.4. The SMILES string of the molecule is NCc1ccc(OCc2cc(=O)n3ccccc3n2)cc1. The first-order chi connectivity index (χ1) is 10.3. The molecule has 0 saturated heterocycles. The maximum atomic E-state index is 11.9. The second kappa shape index (κ2) is 5.76. The van der Waals surface area contributed by atoms with Crippen molar-refractivity contribution in [3.63, 3.8) is 0 Å². The van der Waals surface area contributed by atoms with Gasteiger partial charge in [-0.1, -0.05) is 18.2 Å². The van der Waals surface area contributed by atoms with Crippen molar-refractivity contribution >= 4 is 5.65 Å². The van der Waals surface area contributed by atoms with Crippen LogP contribution in [0.5, 0.6) is 5.75 Å². The van der Waals surface area contributed by atoms with Crippen LogP contribution in [-0.4, -0.2) is 9.38 Å². The fraction of sp³-hybridized carbons (Fsp3) is 0.125. The molecule has 2 N–H and O–H groups in total. The van der Waals surface area contributed by atoms with E-state index < -0.39 is 0 Å². The average Bonchev–Trinajstić information content (AvgIpc) is 2.53. The largest absolute Gasteiger partial charge is 0.487 e. The lowest BCUT2D eigenvalue weighted by Crippen LogP contribution is -2.16. The number of aromatic nitrogens is 2. The fourth-order valence-corrected chi connectivity index (χ4v) is 2.06. The summed E-state index contributed by atoms with van der Waals surface area (Å²) in [6.45, 7) is 0.756. The average molecular weight is 281 g/mol. The zero-order valence-corrected chi connectivity index (χ0v) is 11.4. The number of hydrogen-bond acceptors (Lipinski definition) is 4. The molecule has 5 nitrogen and oxygen atoms in total. The van der Waals surface area contributed by atoms with E-state index >= 15 is 0 Å². The quantitative estimate of drug-likeness (QED) is 0.790. The number of fused-ring (bicyclic) bond motifs is 1. The van der Waals surface area contributed by atoms with Gasteiger partial charge in [0.15, 0.2) is 0 Å². The summed E-state index contributed by atoms with van der Waals surface area (Å²) in [5.74, 6) is 0.724.